The number of carbonyl (C=O) groups excluding carboxylic acids is 1. The van der Waals surface area contributed by atoms with E-state index in [0.29, 0.717) is 15.6 Å². The summed E-state index contributed by atoms with van der Waals surface area (Å²) in [5.74, 6) is 0.523. The first-order valence-corrected chi connectivity index (χ1v) is 7.29. The molecule has 0 radical (unpaired) electrons. The molecule has 6 heteroatoms. The molecule has 1 unspecified atom stereocenters. The molecule has 0 fully saturated rings. The lowest BCUT2D eigenvalue weighted by molar-refractivity contribution is -0.117. The second-order valence-corrected chi connectivity index (χ2v) is 5.21. The monoisotopic (exact) mass is 323 g/mol. The van der Waals surface area contributed by atoms with Crippen LogP contribution in [0.1, 0.15) is 30.8 Å². The Labute approximate surface area is 133 Å². The molecule has 21 heavy (non-hydrogen) atoms. The van der Waals surface area contributed by atoms with Gasteiger partial charge in [-0.3, -0.25) is 4.79 Å². The molecule has 0 saturated carbocycles. The van der Waals surface area contributed by atoms with Crippen molar-refractivity contribution in [3.05, 3.63) is 58.1 Å². The van der Waals surface area contributed by atoms with Crippen molar-refractivity contribution in [2.45, 2.75) is 19.4 Å². The van der Waals surface area contributed by atoms with E-state index in [4.69, 9.17) is 23.2 Å². The average Bonchev–Trinajstić information content (AvgIpc) is 3.00. The van der Waals surface area contributed by atoms with E-state index >= 15 is 0 Å². The Kier molecular flexibility index (Phi) is 5.42. The molecular weight excluding hydrogens is 309 g/mol. The minimum Gasteiger partial charge on any atom is -0.347 e. The molecule has 0 aliphatic heterocycles. The fraction of sp³-hybridized carbons (Fsp3) is 0.200. The number of rotatable bonds is 5. The van der Waals surface area contributed by atoms with Gasteiger partial charge in [0.05, 0.1) is 16.1 Å². The smallest absolute Gasteiger partial charge is 0.244 e. The molecule has 2 aromatic rings. The number of halogens is 2. The fourth-order valence-corrected chi connectivity index (χ4v) is 2.24. The first-order chi connectivity index (χ1) is 10.1. The van der Waals surface area contributed by atoms with Crippen molar-refractivity contribution in [1.29, 1.82) is 0 Å². The number of aromatic amines is 1. The third kappa shape index (κ3) is 4.09. The summed E-state index contributed by atoms with van der Waals surface area (Å²) in [7, 11) is 0. The maximum Gasteiger partial charge on any atom is 0.244 e. The number of imidazole rings is 1. The van der Waals surface area contributed by atoms with Gasteiger partial charge in [-0.2, -0.15) is 0 Å². The molecular formula is C15H15Cl2N3O. The molecule has 0 saturated heterocycles. The number of aromatic nitrogens is 2. The van der Waals surface area contributed by atoms with Crippen molar-refractivity contribution >= 4 is 35.2 Å². The summed E-state index contributed by atoms with van der Waals surface area (Å²) >= 11 is 12.0. The number of benzene rings is 1. The number of amides is 1. The van der Waals surface area contributed by atoms with E-state index < -0.39 is 0 Å². The highest BCUT2D eigenvalue weighted by Crippen LogP contribution is 2.26. The second-order valence-electron chi connectivity index (χ2n) is 4.42. The molecule has 0 aliphatic rings. The molecule has 4 nitrogen and oxygen atoms in total. The van der Waals surface area contributed by atoms with Crippen molar-refractivity contribution in [3.8, 4) is 0 Å². The molecule has 1 heterocycles. The zero-order chi connectivity index (χ0) is 15.2. The van der Waals surface area contributed by atoms with E-state index in [-0.39, 0.29) is 11.9 Å². The van der Waals surface area contributed by atoms with Gasteiger partial charge < -0.3 is 10.3 Å². The predicted molar refractivity (Wildman–Crippen MR) is 85.3 cm³/mol. The van der Waals surface area contributed by atoms with Crippen LogP contribution in [-0.4, -0.2) is 15.9 Å². The van der Waals surface area contributed by atoms with Gasteiger partial charge >= 0.3 is 0 Å². The summed E-state index contributed by atoms with van der Waals surface area (Å²) < 4.78 is 0. The van der Waals surface area contributed by atoms with Crippen LogP contribution in [0.25, 0.3) is 6.08 Å². The highest BCUT2D eigenvalue weighted by molar-refractivity contribution is 6.42. The van der Waals surface area contributed by atoms with E-state index in [1.54, 1.807) is 36.7 Å². The summed E-state index contributed by atoms with van der Waals surface area (Å²) in [5.41, 5.74) is 0.699. The van der Waals surface area contributed by atoms with Gasteiger partial charge in [-0.05, 0) is 24.1 Å². The summed E-state index contributed by atoms with van der Waals surface area (Å²) in [4.78, 5) is 19.1. The summed E-state index contributed by atoms with van der Waals surface area (Å²) in [6.07, 6.45) is 7.20. The molecule has 2 rings (SSSR count). The number of hydrogen-bond donors (Lipinski definition) is 2. The minimum absolute atomic E-state index is 0.146. The third-order valence-corrected chi connectivity index (χ3v) is 3.80. The Morgan fingerprint density at radius 3 is 2.95 bits per heavy atom. The van der Waals surface area contributed by atoms with Crippen LogP contribution < -0.4 is 5.32 Å². The van der Waals surface area contributed by atoms with Crippen molar-refractivity contribution in [2.75, 3.05) is 0 Å². The van der Waals surface area contributed by atoms with Crippen LogP contribution in [-0.2, 0) is 4.79 Å². The number of nitrogens with zero attached hydrogens (tertiary/aromatic N) is 1. The molecule has 1 aromatic heterocycles. The van der Waals surface area contributed by atoms with Crippen molar-refractivity contribution in [3.63, 3.8) is 0 Å². The largest absolute Gasteiger partial charge is 0.347 e. The zero-order valence-electron chi connectivity index (χ0n) is 11.4. The van der Waals surface area contributed by atoms with E-state index in [9.17, 15) is 4.79 Å². The van der Waals surface area contributed by atoms with E-state index in [1.807, 2.05) is 6.92 Å². The maximum atomic E-state index is 12.0. The molecule has 1 aromatic carbocycles. The van der Waals surface area contributed by atoms with Crippen molar-refractivity contribution in [1.82, 2.24) is 15.3 Å². The van der Waals surface area contributed by atoms with Crippen molar-refractivity contribution in [2.24, 2.45) is 0 Å². The molecule has 110 valence electrons. The quantitative estimate of drug-likeness (QED) is 0.817. The first-order valence-electron chi connectivity index (χ1n) is 6.53. The number of nitrogens with one attached hydrogen (secondary N) is 2. The Morgan fingerprint density at radius 1 is 1.48 bits per heavy atom. The van der Waals surface area contributed by atoms with Crippen LogP contribution in [0.3, 0.4) is 0 Å². The van der Waals surface area contributed by atoms with Gasteiger partial charge in [-0.1, -0.05) is 42.3 Å². The summed E-state index contributed by atoms with van der Waals surface area (Å²) in [6, 6.07) is 5.13. The van der Waals surface area contributed by atoms with Gasteiger partial charge in [0.15, 0.2) is 0 Å². The fourth-order valence-electron chi connectivity index (χ4n) is 1.87. The summed E-state index contributed by atoms with van der Waals surface area (Å²) in [6.45, 7) is 1.98. The number of carbonyl (C=O) groups is 1. The standard InChI is InChI=1S/C15H15Cl2N3O/c1-2-12(15-18-8-9-19-15)20-13(21)7-6-10-4-3-5-11(16)14(10)17/h3-9,12H,2H2,1H3,(H,18,19)(H,20,21)/b7-6+. The minimum atomic E-state index is -0.214. The zero-order valence-corrected chi connectivity index (χ0v) is 12.9. The second kappa shape index (κ2) is 7.29. The predicted octanol–water partition coefficient (Wildman–Crippen LogP) is 4.00. The van der Waals surface area contributed by atoms with Gasteiger partial charge in [-0.15, -0.1) is 0 Å². The topological polar surface area (TPSA) is 57.8 Å². The Bertz CT molecular complexity index is 638. The van der Waals surface area contributed by atoms with E-state index in [2.05, 4.69) is 15.3 Å². The van der Waals surface area contributed by atoms with Gasteiger partial charge in [0, 0.05) is 18.5 Å². The lowest BCUT2D eigenvalue weighted by Crippen LogP contribution is -2.27. The SMILES string of the molecule is CCC(NC(=O)/C=C/c1cccc(Cl)c1Cl)c1ncc[nH]1. The van der Waals surface area contributed by atoms with Crippen LogP contribution in [0.5, 0.6) is 0 Å². The maximum absolute atomic E-state index is 12.0. The number of H-pyrrole nitrogens is 1. The van der Waals surface area contributed by atoms with Crippen molar-refractivity contribution < 1.29 is 4.79 Å². The average molecular weight is 324 g/mol. The Hall–Kier alpha value is -1.78. The normalized spacial score (nSPS) is 12.5. The van der Waals surface area contributed by atoms with Gasteiger partial charge in [0.2, 0.25) is 5.91 Å². The lowest BCUT2D eigenvalue weighted by Gasteiger charge is -2.12. The third-order valence-electron chi connectivity index (χ3n) is 2.97. The molecule has 0 spiro atoms. The number of hydrogen-bond acceptors (Lipinski definition) is 2. The highest BCUT2D eigenvalue weighted by atomic mass is 35.5. The van der Waals surface area contributed by atoms with Crippen LogP contribution in [0, 0.1) is 0 Å². The van der Waals surface area contributed by atoms with Crippen LogP contribution in [0.15, 0.2) is 36.7 Å². The molecule has 2 N–H and O–H groups in total. The van der Waals surface area contributed by atoms with Gasteiger partial charge in [0.1, 0.15) is 5.82 Å². The van der Waals surface area contributed by atoms with E-state index in [1.165, 1.54) is 6.08 Å². The molecule has 0 aliphatic carbocycles. The Morgan fingerprint density at radius 2 is 2.29 bits per heavy atom. The molecule has 1 atom stereocenters. The van der Waals surface area contributed by atoms with Crippen LogP contribution in [0.4, 0.5) is 0 Å². The van der Waals surface area contributed by atoms with Gasteiger partial charge in [-0.25, -0.2) is 4.98 Å². The van der Waals surface area contributed by atoms with Gasteiger partial charge in [0.25, 0.3) is 0 Å². The first kappa shape index (κ1) is 15.6. The van der Waals surface area contributed by atoms with Crippen LogP contribution >= 0.6 is 23.2 Å². The molecule has 1 amide bonds. The van der Waals surface area contributed by atoms with E-state index in [0.717, 1.165) is 12.2 Å². The summed E-state index contributed by atoms with van der Waals surface area (Å²) in [5, 5.41) is 3.77. The highest BCUT2D eigenvalue weighted by Gasteiger charge is 2.13. The lowest BCUT2D eigenvalue weighted by atomic mass is 10.2. The van der Waals surface area contributed by atoms with Crippen LogP contribution in [0.2, 0.25) is 10.0 Å². The Balaban J connectivity index is 2.04. The molecule has 0 bridgehead atoms.